The molecule has 1 heterocycles. The van der Waals surface area contributed by atoms with E-state index in [1.165, 1.54) is 18.3 Å². The van der Waals surface area contributed by atoms with E-state index in [1.807, 2.05) is 0 Å². The molecule has 0 aliphatic carbocycles. The van der Waals surface area contributed by atoms with E-state index in [0.717, 1.165) is 17.6 Å². The number of carbonyl (C=O) groups excluding carboxylic acids is 1. The molecule has 0 radical (unpaired) electrons. The summed E-state index contributed by atoms with van der Waals surface area (Å²) in [6.45, 7) is -0.418. The highest BCUT2D eigenvalue weighted by atomic mass is 79.9. The molecule has 0 bridgehead atoms. The van der Waals surface area contributed by atoms with Crippen LogP contribution in [0.4, 0.5) is 20.2 Å². The summed E-state index contributed by atoms with van der Waals surface area (Å²) in [4.78, 5) is 17.1. The van der Waals surface area contributed by atoms with Gasteiger partial charge in [0.05, 0.1) is 46.4 Å². The van der Waals surface area contributed by atoms with Crippen molar-refractivity contribution in [2.45, 2.75) is 0 Å². The third kappa shape index (κ3) is 3.83. The van der Waals surface area contributed by atoms with Crippen LogP contribution in [0.3, 0.4) is 0 Å². The monoisotopic (exact) mass is 443 g/mol. The quantitative estimate of drug-likeness (QED) is 0.399. The fourth-order valence-corrected chi connectivity index (χ4v) is 3.33. The number of amides is 1. The lowest BCUT2D eigenvalue weighted by Crippen LogP contribution is -2.26. The summed E-state index contributed by atoms with van der Waals surface area (Å²) in [7, 11) is 0. The number of aliphatic hydroxyl groups excluding tert-OH is 1. The molecule has 136 valence electrons. The van der Waals surface area contributed by atoms with E-state index in [1.54, 1.807) is 6.07 Å². The van der Waals surface area contributed by atoms with Gasteiger partial charge in [-0.25, -0.2) is 14.3 Å². The molecule has 6 nitrogen and oxygen atoms in total. The molecule has 26 heavy (non-hydrogen) atoms. The van der Waals surface area contributed by atoms with Crippen molar-refractivity contribution in [1.29, 1.82) is 0 Å². The predicted molar refractivity (Wildman–Crippen MR) is 97.5 cm³/mol. The number of hydroxylamine groups is 1. The van der Waals surface area contributed by atoms with Crippen LogP contribution in [-0.4, -0.2) is 28.6 Å². The molecule has 1 amide bonds. The van der Waals surface area contributed by atoms with Crippen LogP contribution >= 0.6 is 27.5 Å². The van der Waals surface area contributed by atoms with Crippen molar-refractivity contribution in [1.82, 2.24) is 9.85 Å². The summed E-state index contributed by atoms with van der Waals surface area (Å²) in [5, 5.41) is 11.8. The average molecular weight is 444 g/mol. The number of aliphatic hydroxyl groups is 1. The number of hydrogen-bond acceptors (Lipinski definition) is 6. The molecular weight excluding hydrogens is 432 g/mol. The van der Waals surface area contributed by atoms with Gasteiger partial charge in [0, 0.05) is 4.47 Å². The largest absolute Gasteiger partial charge is 0.394 e. The number of hydrogen-bond donors (Lipinski definition) is 3. The fourth-order valence-electron chi connectivity index (χ4n) is 2.23. The maximum atomic E-state index is 14.3. The maximum absolute atomic E-state index is 14.3. The Morgan fingerprint density at radius 3 is 2.85 bits per heavy atom. The first-order chi connectivity index (χ1) is 12.5. The van der Waals surface area contributed by atoms with Gasteiger partial charge in [0.1, 0.15) is 11.6 Å². The van der Waals surface area contributed by atoms with Crippen molar-refractivity contribution in [2.75, 3.05) is 18.5 Å². The van der Waals surface area contributed by atoms with Crippen molar-refractivity contribution in [3.05, 3.63) is 52.1 Å². The molecule has 0 aliphatic rings. The molecule has 0 fully saturated rings. The summed E-state index contributed by atoms with van der Waals surface area (Å²) in [6, 6.07) is 5.40. The zero-order valence-corrected chi connectivity index (χ0v) is 15.5. The number of nitrogens with one attached hydrogen (secondary N) is 2. The average Bonchev–Trinajstić information content (AvgIpc) is 3.09. The zero-order valence-electron chi connectivity index (χ0n) is 13.1. The van der Waals surface area contributed by atoms with Gasteiger partial charge >= 0.3 is 0 Å². The van der Waals surface area contributed by atoms with E-state index in [0.29, 0.717) is 9.17 Å². The van der Waals surface area contributed by atoms with Gasteiger partial charge in [0.2, 0.25) is 0 Å². The lowest BCUT2D eigenvalue weighted by Gasteiger charge is -2.14. The Labute approximate surface area is 159 Å². The molecule has 1 aromatic heterocycles. The summed E-state index contributed by atoms with van der Waals surface area (Å²) in [5.41, 5.74) is 2.34. The van der Waals surface area contributed by atoms with Crippen LogP contribution in [0.5, 0.6) is 0 Å². The van der Waals surface area contributed by atoms with Gasteiger partial charge < -0.3 is 10.4 Å². The number of nitrogens with zero attached hydrogens (tertiary/aromatic N) is 1. The second-order valence-corrected chi connectivity index (χ2v) is 6.82. The minimum Gasteiger partial charge on any atom is -0.394 e. The first kappa shape index (κ1) is 18.6. The molecule has 0 spiro atoms. The smallest absolute Gasteiger partial charge is 0.277 e. The number of benzene rings is 2. The van der Waals surface area contributed by atoms with Crippen molar-refractivity contribution >= 4 is 54.8 Å². The highest BCUT2D eigenvalue weighted by Crippen LogP contribution is 2.35. The Kier molecular flexibility index (Phi) is 5.77. The van der Waals surface area contributed by atoms with Crippen LogP contribution in [-0.2, 0) is 4.84 Å². The summed E-state index contributed by atoms with van der Waals surface area (Å²) < 4.78 is 33.3. The molecule has 3 rings (SSSR count). The van der Waals surface area contributed by atoms with E-state index in [4.69, 9.17) is 9.94 Å². The molecule has 3 N–H and O–H groups in total. The first-order valence-corrected chi connectivity index (χ1v) is 8.90. The fraction of sp³-hybridized carbons (Fsp3) is 0.125. The highest BCUT2D eigenvalue weighted by molar-refractivity contribution is 9.10. The van der Waals surface area contributed by atoms with Crippen molar-refractivity contribution in [3.63, 3.8) is 0 Å². The Balaban J connectivity index is 2.06. The van der Waals surface area contributed by atoms with Gasteiger partial charge in [-0.1, -0.05) is 15.9 Å². The summed E-state index contributed by atoms with van der Waals surface area (Å²) in [6.07, 6.45) is 1.34. The number of rotatable bonds is 6. The van der Waals surface area contributed by atoms with Crippen LogP contribution in [0.15, 0.2) is 34.9 Å². The van der Waals surface area contributed by atoms with Gasteiger partial charge in [-0.2, -0.15) is 4.37 Å². The third-order valence-electron chi connectivity index (χ3n) is 3.39. The SMILES string of the molecule is O=C(NOCCO)c1cc(F)c2cnsc2c1Nc1ccc(Br)cc1F. The Bertz CT molecular complexity index is 967. The molecule has 0 unspecified atom stereocenters. The van der Waals surface area contributed by atoms with Crippen molar-refractivity contribution in [3.8, 4) is 0 Å². The van der Waals surface area contributed by atoms with E-state index in [2.05, 4.69) is 31.1 Å². The van der Waals surface area contributed by atoms with Crippen LogP contribution in [0, 0.1) is 11.6 Å². The van der Waals surface area contributed by atoms with Crippen molar-refractivity contribution < 1.29 is 23.5 Å². The lowest BCUT2D eigenvalue weighted by atomic mass is 10.1. The minimum atomic E-state index is -0.743. The lowest BCUT2D eigenvalue weighted by molar-refractivity contribution is 0.0169. The van der Waals surface area contributed by atoms with E-state index < -0.39 is 17.5 Å². The van der Waals surface area contributed by atoms with Crippen LogP contribution in [0.2, 0.25) is 0 Å². The molecule has 0 saturated carbocycles. The Morgan fingerprint density at radius 2 is 2.12 bits per heavy atom. The molecule has 10 heteroatoms. The minimum absolute atomic E-state index is 0.0838. The second kappa shape index (κ2) is 8.04. The van der Waals surface area contributed by atoms with Gasteiger partial charge in [0.15, 0.2) is 0 Å². The second-order valence-electron chi connectivity index (χ2n) is 5.10. The number of anilines is 2. The van der Waals surface area contributed by atoms with E-state index in [9.17, 15) is 13.6 Å². The van der Waals surface area contributed by atoms with Crippen LogP contribution in [0.25, 0.3) is 10.1 Å². The molecule has 3 aromatic rings. The molecular formula is C16H12BrF2N3O3S. The van der Waals surface area contributed by atoms with Crippen LogP contribution in [0.1, 0.15) is 10.4 Å². The maximum Gasteiger partial charge on any atom is 0.277 e. The van der Waals surface area contributed by atoms with Crippen molar-refractivity contribution in [2.24, 2.45) is 0 Å². The Morgan fingerprint density at radius 1 is 1.31 bits per heavy atom. The number of carbonyl (C=O) groups is 1. The number of aromatic nitrogens is 1. The molecule has 0 saturated heterocycles. The van der Waals surface area contributed by atoms with E-state index in [-0.39, 0.29) is 35.5 Å². The third-order valence-corrected chi connectivity index (χ3v) is 4.70. The van der Waals surface area contributed by atoms with Gasteiger partial charge in [0.25, 0.3) is 5.91 Å². The first-order valence-electron chi connectivity index (χ1n) is 7.33. The highest BCUT2D eigenvalue weighted by Gasteiger charge is 2.20. The van der Waals surface area contributed by atoms with Gasteiger partial charge in [-0.3, -0.25) is 9.63 Å². The topological polar surface area (TPSA) is 83.5 Å². The van der Waals surface area contributed by atoms with E-state index >= 15 is 0 Å². The normalized spacial score (nSPS) is 10.9. The molecule has 0 atom stereocenters. The number of halogens is 3. The standard InChI is InChI=1S/C16H12BrF2N3O3S/c17-8-1-2-13(12(19)5-8)21-14-9(16(24)22-25-4-3-23)6-11(18)10-7-20-26-15(10)14/h1-2,5-7,21,23H,3-4H2,(H,22,24). The summed E-state index contributed by atoms with van der Waals surface area (Å²) >= 11 is 4.14. The number of fused-ring (bicyclic) bond motifs is 1. The van der Waals surface area contributed by atoms with Crippen LogP contribution < -0.4 is 10.8 Å². The van der Waals surface area contributed by atoms with Gasteiger partial charge in [-0.05, 0) is 35.8 Å². The Hall–Kier alpha value is -2.14. The zero-order chi connectivity index (χ0) is 18.7. The van der Waals surface area contributed by atoms with Gasteiger partial charge in [-0.15, -0.1) is 0 Å². The predicted octanol–water partition coefficient (Wildman–Crippen LogP) is 3.73. The molecule has 0 aliphatic heterocycles. The molecule has 2 aromatic carbocycles. The summed E-state index contributed by atoms with van der Waals surface area (Å²) in [5.74, 6) is -1.93.